The van der Waals surface area contributed by atoms with Gasteiger partial charge in [-0.25, -0.2) is 0 Å². The average molecular weight is 262 g/mol. The lowest BCUT2D eigenvalue weighted by atomic mass is 9.97. The Morgan fingerprint density at radius 3 is 2.28 bits per heavy atom. The molecular weight excluding hydrogens is 249 g/mol. The van der Waals surface area contributed by atoms with Gasteiger partial charge < -0.3 is 9.84 Å². The van der Waals surface area contributed by atoms with Crippen molar-refractivity contribution in [1.82, 2.24) is 0 Å². The summed E-state index contributed by atoms with van der Waals surface area (Å²) in [4.78, 5) is 10.8. The molecule has 6 heteroatoms. The first-order valence-corrected chi connectivity index (χ1v) is 5.39. The zero-order valence-electron chi connectivity index (χ0n) is 9.70. The van der Waals surface area contributed by atoms with Crippen molar-refractivity contribution in [2.75, 3.05) is 0 Å². The molecule has 0 heterocycles. The fourth-order valence-electron chi connectivity index (χ4n) is 1.52. The van der Waals surface area contributed by atoms with E-state index in [0.29, 0.717) is 12.0 Å². The van der Waals surface area contributed by atoms with Gasteiger partial charge >= 0.3 is 12.3 Å². The monoisotopic (exact) mass is 262 g/mol. The number of carbonyl (C=O) groups is 1. The lowest BCUT2D eigenvalue weighted by molar-refractivity contribution is -0.274. The smallest absolute Gasteiger partial charge is 0.481 e. The molecule has 0 saturated heterocycles. The van der Waals surface area contributed by atoms with Crippen LogP contribution in [-0.2, 0) is 11.2 Å². The van der Waals surface area contributed by atoms with Gasteiger partial charge in [-0.05, 0) is 30.5 Å². The number of alkyl halides is 3. The van der Waals surface area contributed by atoms with E-state index < -0.39 is 18.2 Å². The molecule has 0 aliphatic carbocycles. The van der Waals surface area contributed by atoms with Crippen LogP contribution in [0.15, 0.2) is 24.3 Å². The fraction of sp³-hybridized carbons (Fsp3) is 0.417. The van der Waals surface area contributed by atoms with E-state index in [1.165, 1.54) is 24.3 Å². The second kappa shape index (κ2) is 5.75. The van der Waals surface area contributed by atoms with Gasteiger partial charge in [0, 0.05) is 0 Å². The van der Waals surface area contributed by atoms with E-state index in [0.717, 1.165) is 0 Å². The van der Waals surface area contributed by atoms with Crippen molar-refractivity contribution in [1.29, 1.82) is 0 Å². The standard InChI is InChI=1S/C12H13F3O3/c1-2-9(11(16)17)7-8-3-5-10(6-4-8)18-12(13,14)15/h3-6,9H,2,7H2,1H3,(H,16,17)/t9-/m0/s1. The summed E-state index contributed by atoms with van der Waals surface area (Å²) in [6.07, 6.45) is -3.96. The number of aliphatic carboxylic acids is 1. The molecule has 0 amide bonds. The van der Waals surface area contributed by atoms with Crippen LogP contribution in [-0.4, -0.2) is 17.4 Å². The molecule has 0 unspecified atom stereocenters. The largest absolute Gasteiger partial charge is 0.573 e. The summed E-state index contributed by atoms with van der Waals surface area (Å²) < 4.78 is 39.5. The van der Waals surface area contributed by atoms with Crippen molar-refractivity contribution in [3.05, 3.63) is 29.8 Å². The summed E-state index contributed by atoms with van der Waals surface area (Å²) >= 11 is 0. The lowest BCUT2D eigenvalue weighted by Crippen LogP contribution is -2.17. The molecule has 0 aliphatic rings. The van der Waals surface area contributed by atoms with Gasteiger partial charge in [0.05, 0.1) is 5.92 Å². The number of carboxylic acid groups (broad SMARTS) is 1. The Hall–Kier alpha value is -1.72. The molecule has 1 rings (SSSR count). The normalized spacial score (nSPS) is 13.1. The van der Waals surface area contributed by atoms with Gasteiger partial charge in [-0.2, -0.15) is 0 Å². The molecule has 0 saturated carbocycles. The van der Waals surface area contributed by atoms with E-state index in [-0.39, 0.29) is 12.2 Å². The maximum atomic E-state index is 11.9. The highest BCUT2D eigenvalue weighted by Gasteiger charge is 2.31. The topological polar surface area (TPSA) is 46.5 Å². The molecule has 0 aliphatic heterocycles. The van der Waals surface area contributed by atoms with Gasteiger partial charge in [-0.3, -0.25) is 4.79 Å². The minimum absolute atomic E-state index is 0.290. The number of halogens is 3. The quantitative estimate of drug-likeness (QED) is 0.886. The number of benzene rings is 1. The van der Waals surface area contributed by atoms with Gasteiger partial charge in [-0.15, -0.1) is 13.2 Å². The third-order valence-electron chi connectivity index (χ3n) is 2.48. The number of ether oxygens (including phenoxy) is 1. The molecule has 0 bridgehead atoms. The highest BCUT2D eigenvalue weighted by molar-refractivity contribution is 5.70. The minimum atomic E-state index is -4.71. The van der Waals surface area contributed by atoms with Crippen LogP contribution in [0.4, 0.5) is 13.2 Å². The molecule has 100 valence electrons. The summed E-state index contributed by atoms with van der Waals surface area (Å²) in [5.74, 6) is -1.75. The molecule has 0 spiro atoms. The minimum Gasteiger partial charge on any atom is -0.481 e. The first-order chi connectivity index (χ1) is 8.31. The van der Waals surface area contributed by atoms with Crippen molar-refractivity contribution in [2.24, 2.45) is 5.92 Å². The third kappa shape index (κ3) is 4.65. The Bertz CT molecular complexity index is 398. The summed E-state index contributed by atoms with van der Waals surface area (Å²) in [7, 11) is 0. The van der Waals surface area contributed by atoms with Crippen LogP contribution < -0.4 is 4.74 Å². The molecular formula is C12H13F3O3. The van der Waals surface area contributed by atoms with Gasteiger partial charge in [0.15, 0.2) is 0 Å². The maximum Gasteiger partial charge on any atom is 0.573 e. The molecule has 1 N–H and O–H groups in total. The Balaban J connectivity index is 2.68. The first-order valence-electron chi connectivity index (χ1n) is 5.39. The van der Waals surface area contributed by atoms with Gasteiger partial charge in [-0.1, -0.05) is 19.1 Å². The molecule has 0 radical (unpaired) electrons. The lowest BCUT2D eigenvalue weighted by Gasteiger charge is -2.11. The van der Waals surface area contributed by atoms with Crippen LogP contribution in [0.3, 0.4) is 0 Å². The number of hydrogen-bond acceptors (Lipinski definition) is 2. The van der Waals surface area contributed by atoms with E-state index in [1.54, 1.807) is 6.92 Å². The van der Waals surface area contributed by atoms with Crippen molar-refractivity contribution in [3.8, 4) is 5.75 Å². The van der Waals surface area contributed by atoms with Crippen LogP contribution in [0.2, 0.25) is 0 Å². The Kier molecular flexibility index (Phi) is 4.58. The predicted octanol–water partition coefficient (Wildman–Crippen LogP) is 3.24. The van der Waals surface area contributed by atoms with E-state index in [9.17, 15) is 18.0 Å². The Morgan fingerprint density at radius 2 is 1.89 bits per heavy atom. The third-order valence-corrected chi connectivity index (χ3v) is 2.48. The second-order valence-electron chi connectivity index (χ2n) is 3.84. The Labute approximate surface area is 102 Å². The van der Waals surface area contributed by atoms with Gasteiger partial charge in [0.25, 0.3) is 0 Å². The van der Waals surface area contributed by atoms with Crippen LogP contribution in [0, 0.1) is 5.92 Å². The number of carboxylic acids is 1. The molecule has 1 aromatic carbocycles. The SMILES string of the molecule is CC[C@@H](Cc1ccc(OC(F)(F)F)cc1)C(=O)O. The van der Waals surface area contributed by atoms with E-state index in [1.807, 2.05) is 0 Å². The predicted molar refractivity (Wildman–Crippen MR) is 58.2 cm³/mol. The highest BCUT2D eigenvalue weighted by atomic mass is 19.4. The zero-order chi connectivity index (χ0) is 13.8. The Morgan fingerprint density at radius 1 is 1.33 bits per heavy atom. The van der Waals surface area contributed by atoms with Gasteiger partial charge in [0.1, 0.15) is 5.75 Å². The van der Waals surface area contributed by atoms with Crippen molar-refractivity contribution in [3.63, 3.8) is 0 Å². The van der Waals surface area contributed by atoms with Crippen LogP contribution in [0.5, 0.6) is 5.75 Å². The fourth-order valence-corrected chi connectivity index (χ4v) is 1.52. The van der Waals surface area contributed by atoms with Crippen LogP contribution in [0.1, 0.15) is 18.9 Å². The summed E-state index contributed by atoms with van der Waals surface area (Å²) in [5, 5.41) is 8.87. The summed E-state index contributed by atoms with van der Waals surface area (Å²) in [6.45, 7) is 1.75. The molecule has 0 fully saturated rings. The summed E-state index contributed by atoms with van der Waals surface area (Å²) in [5.41, 5.74) is 0.666. The van der Waals surface area contributed by atoms with Crippen LogP contribution in [0.25, 0.3) is 0 Å². The number of hydrogen-bond donors (Lipinski definition) is 1. The molecule has 1 atom stereocenters. The van der Waals surface area contributed by atoms with Crippen molar-refractivity contribution >= 4 is 5.97 Å². The summed E-state index contributed by atoms with van der Waals surface area (Å²) in [6, 6.07) is 5.23. The molecule has 18 heavy (non-hydrogen) atoms. The first kappa shape index (κ1) is 14.3. The van der Waals surface area contributed by atoms with Crippen molar-refractivity contribution in [2.45, 2.75) is 26.1 Å². The van der Waals surface area contributed by atoms with Crippen LogP contribution >= 0.6 is 0 Å². The zero-order valence-corrected chi connectivity index (χ0v) is 9.70. The molecule has 1 aromatic rings. The van der Waals surface area contributed by atoms with E-state index >= 15 is 0 Å². The van der Waals surface area contributed by atoms with Gasteiger partial charge in [0.2, 0.25) is 0 Å². The number of rotatable bonds is 5. The molecule has 3 nitrogen and oxygen atoms in total. The van der Waals surface area contributed by atoms with Crippen molar-refractivity contribution < 1.29 is 27.8 Å². The van der Waals surface area contributed by atoms with E-state index in [4.69, 9.17) is 5.11 Å². The average Bonchev–Trinajstić information content (AvgIpc) is 2.25. The molecule has 0 aromatic heterocycles. The maximum absolute atomic E-state index is 11.9. The second-order valence-corrected chi connectivity index (χ2v) is 3.84. The highest BCUT2D eigenvalue weighted by Crippen LogP contribution is 2.23. The van der Waals surface area contributed by atoms with E-state index in [2.05, 4.69) is 4.74 Å².